The van der Waals surface area contributed by atoms with Gasteiger partial charge in [0.25, 0.3) is 15.9 Å². The number of ether oxygens (including phenoxy) is 3. The molecule has 0 aliphatic carbocycles. The van der Waals surface area contributed by atoms with Crippen LogP contribution in [0.4, 0.5) is 10.8 Å². The summed E-state index contributed by atoms with van der Waals surface area (Å²) >= 11 is 1.24. The molecule has 1 aromatic heterocycles. The van der Waals surface area contributed by atoms with Crippen molar-refractivity contribution < 1.29 is 27.4 Å². The molecule has 1 amide bonds. The topological polar surface area (TPSA) is 120 Å². The van der Waals surface area contributed by atoms with Crippen molar-refractivity contribution in [2.45, 2.75) is 4.90 Å². The number of carbonyl (C=O) groups is 1. The molecule has 1 heterocycles. The Labute approximate surface area is 218 Å². The Morgan fingerprint density at radius 3 is 2.16 bits per heavy atom. The average Bonchev–Trinajstić information content (AvgIpc) is 3.40. The van der Waals surface area contributed by atoms with Crippen LogP contribution in [0.2, 0.25) is 0 Å². The predicted octanol–water partition coefficient (Wildman–Crippen LogP) is 4.31. The summed E-state index contributed by atoms with van der Waals surface area (Å²) in [4.78, 5) is 12.8. The Kier molecular flexibility index (Phi) is 7.60. The van der Waals surface area contributed by atoms with Crippen molar-refractivity contribution >= 4 is 38.1 Å². The molecular formula is C25H24N4O6S2. The van der Waals surface area contributed by atoms with Crippen molar-refractivity contribution in [3.63, 3.8) is 0 Å². The predicted molar refractivity (Wildman–Crippen MR) is 141 cm³/mol. The first kappa shape index (κ1) is 25.9. The number of hydrogen-bond donors (Lipinski definition) is 1. The van der Waals surface area contributed by atoms with Crippen LogP contribution in [0.15, 0.2) is 71.6 Å². The lowest BCUT2D eigenvalue weighted by molar-refractivity contribution is 0.102. The third kappa shape index (κ3) is 5.49. The zero-order chi connectivity index (χ0) is 26.6. The Bertz CT molecular complexity index is 1500. The van der Waals surface area contributed by atoms with Gasteiger partial charge in [-0.1, -0.05) is 11.3 Å². The second-order valence-electron chi connectivity index (χ2n) is 7.63. The fraction of sp³-hybridized carbons (Fsp3) is 0.160. The Balaban J connectivity index is 1.46. The summed E-state index contributed by atoms with van der Waals surface area (Å²) in [6.45, 7) is 0. The number of aromatic nitrogens is 2. The van der Waals surface area contributed by atoms with E-state index in [2.05, 4.69) is 15.5 Å². The van der Waals surface area contributed by atoms with E-state index >= 15 is 0 Å². The molecule has 192 valence electrons. The number of methoxy groups -OCH3 is 3. The highest BCUT2D eigenvalue weighted by Gasteiger charge is 2.23. The van der Waals surface area contributed by atoms with Crippen LogP contribution in [-0.4, -0.2) is 52.9 Å². The van der Waals surface area contributed by atoms with E-state index in [-0.39, 0.29) is 4.90 Å². The molecule has 3 aromatic carbocycles. The summed E-state index contributed by atoms with van der Waals surface area (Å²) in [5.74, 6) is 1.06. The van der Waals surface area contributed by atoms with Crippen LogP contribution in [0.25, 0.3) is 10.6 Å². The van der Waals surface area contributed by atoms with Gasteiger partial charge in [-0.25, -0.2) is 8.42 Å². The molecule has 0 aliphatic rings. The fourth-order valence-electron chi connectivity index (χ4n) is 3.39. The zero-order valence-electron chi connectivity index (χ0n) is 20.5. The number of rotatable bonds is 9. The highest BCUT2D eigenvalue weighted by atomic mass is 32.2. The molecule has 0 radical (unpaired) electrons. The number of nitrogens with one attached hydrogen (secondary N) is 1. The maximum atomic E-state index is 13.1. The molecule has 4 rings (SSSR count). The van der Waals surface area contributed by atoms with Gasteiger partial charge < -0.3 is 14.2 Å². The molecule has 0 bridgehead atoms. The van der Waals surface area contributed by atoms with Gasteiger partial charge in [0.1, 0.15) is 10.8 Å². The molecule has 0 saturated heterocycles. The first-order valence-corrected chi connectivity index (χ1v) is 13.1. The van der Waals surface area contributed by atoms with Gasteiger partial charge in [-0.15, -0.1) is 10.2 Å². The first-order chi connectivity index (χ1) is 17.8. The number of hydrogen-bond acceptors (Lipinski definition) is 9. The van der Waals surface area contributed by atoms with Crippen molar-refractivity contribution in [2.24, 2.45) is 0 Å². The van der Waals surface area contributed by atoms with Crippen LogP contribution in [-0.2, 0) is 10.0 Å². The molecule has 0 aliphatic heterocycles. The zero-order valence-corrected chi connectivity index (χ0v) is 22.1. The molecule has 37 heavy (non-hydrogen) atoms. The normalized spacial score (nSPS) is 11.0. The summed E-state index contributed by atoms with van der Waals surface area (Å²) in [7, 11) is 2.05. The third-order valence-corrected chi connectivity index (χ3v) is 8.16. The van der Waals surface area contributed by atoms with Crippen molar-refractivity contribution in [1.82, 2.24) is 10.2 Å². The fourth-order valence-corrected chi connectivity index (χ4v) is 5.35. The second-order valence-corrected chi connectivity index (χ2v) is 10.6. The SMILES string of the molecule is COc1ccc(-c2nnc(NC(=O)c3ccc(N(C)S(=O)(=O)c4ccc(OC)c(OC)c4)cc3)s2)cc1. The standard InChI is InChI=1S/C25H24N4O6S2/c1-29(37(31,32)20-13-14-21(34-3)22(15-20)35-4)18-9-5-16(6-10-18)23(30)26-25-28-27-24(36-25)17-7-11-19(33-2)12-8-17/h5-15H,1-4H3,(H,26,28,30). The molecule has 0 atom stereocenters. The minimum Gasteiger partial charge on any atom is -0.497 e. The number of amides is 1. The smallest absolute Gasteiger partial charge is 0.264 e. The van der Waals surface area contributed by atoms with Crippen molar-refractivity contribution in [3.8, 4) is 27.8 Å². The summed E-state index contributed by atoms with van der Waals surface area (Å²) in [5.41, 5.74) is 1.56. The minimum absolute atomic E-state index is 0.0402. The monoisotopic (exact) mass is 540 g/mol. The van der Waals surface area contributed by atoms with Gasteiger partial charge in [0, 0.05) is 24.2 Å². The van der Waals surface area contributed by atoms with Crippen molar-refractivity contribution in [3.05, 3.63) is 72.3 Å². The number of sulfonamides is 1. The van der Waals surface area contributed by atoms with Gasteiger partial charge in [0.15, 0.2) is 11.5 Å². The van der Waals surface area contributed by atoms with Gasteiger partial charge in [0.05, 0.1) is 31.9 Å². The van der Waals surface area contributed by atoms with Crippen LogP contribution in [0, 0.1) is 0 Å². The van der Waals surface area contributed by atoms with Crippen molar-refractivity contribution in [1.29, 1.82) is 0 Å². The van der Waals surface area contributed by atoms with E-state index in [0.717, 1.165) is 15.6 Å². The van der Waals surface area contributed by atoms with E-state index in [1.54, 1.807) is 19.2 Å². The molecular weight excluding hydrogens is 516 g/mol. The van der Waals surface area contributed by atoms with Crippen molar-refractivity contribution in [2.75, 3.05) is 38.0 Å². The van der Waals surface area contributed by atoms with Crippen LogP contribution >= 0.6 is 11.3 Å². The minimum atomic E-state index is -3.89. The number of nitrogens with zero attached hydrogens (tertiary/aromatic N) is 3. The number of carbonyl (C=O) groups excluding carboxylic acids is 1. The summed E-state index contributed by atoms with van der Waals surface area (Å²) in [6, 6.07) is 17.9. The molecule has 0 saturated carbocycles. The highest BCUT2D eigenvalue weighted by molar-refractivity contribution is 7.92. The molecule has 0 spiro atoms. The largest absolute Gasteiger partial charge is 0.497 e. The molecule has 12 heteroatoms. The first-order valence-electron chi connectivity index (χ1n) is 10.9. The average molecular weight is 541 g/mol. The molecule has 0 fully saturated rings. The molecule has 10 nitrogen and oxygen atoms in total. The quantitative estimate of drug-likeness (QED) is 0.334. The molecule has 4 aromatic rings. The van der Waals surface area contributed by atoms with Crippen LogP contribution in [0.3, 0.4) is 0 Å². The third-order valence-electron chi connectivity index (χ3n) is 5.49. The van der Waals surface area contributed by atoms with Crippen LogP contribution in [0.1, 0.15) is 10.4 Å². The second kappa shape index (κ2) is 10.8. The Morgan fingerprint density at radius 2 is 1.54 bits per heavy atom. The van der Waals surface area contributed by atoms with E-state index in [0.29, 0.717) is 32.9 Å². The summed E-state index contributed by atoms with van der Waals surface area (Å²) in [5, 5.41) is 11.9. The number of benzene rings is 3. The van der Waals surface area contributed by atoms with Crippen LogP contribution < -0.4 is 23.8 Å². The summed E-state index contributed by atoms with van der Waals surface area (Å²) in [6.07, 6.45) is 0. The highest BCUT2D eigenvalue weighted by Crippen LogP contribution is 2.32. The lowest BCUT2D eigenvalue weighted by Gasteiger charge is -2.20. The summed E-state index contributed by atoms with van der Waals surface area (Å²) < 4.78 is 43.0. The van der Waals surface area contributed by atoms with Crippen LogP contribution in [0.5, 0.6) is 17.2 Å². The lowest BCUT2D eigenvalue weighted by Crippen LogP contribution is -2.26. The molecule has 0 unspecified atom stereocenters. The molecule has 1 N–H and O–H groups in total. The van der Waals surface area contributed by atoms with Gasteiger partial charge in [-0.05, 0) is 60.7 Å². The van der Waals surface area contributed by atoms with Gasteiger partial charge in [-0.3, -0.25) is 14.4 Å². The Hall–Kier alpha value is -4.16. The van der Waals surface area contributed by atoms with Gasteiger partial charge in [-0.2, -0.15) is 0 Å². The van der Waals surface area contributed by atoms with Gasteiger partial charge in [0.2, 0.25) is 5.13 Å². The Morgan fingerprint density at radius 1 is 0.865 bits per heavy atom. The van der Waals surface area contributed by atoms with E-state index in [1.807, 2.05) is 24.3 Å². The van der Waals surface area contributed by atoms with E-state index in [9.17, 15) is 13.2 Å². The van der Waals surface area contributed by atoms with Gasteiger partial charge >= 0.3 is 0 Å². The van der Waals surface area contributed by atoms with E-state index in [1.165, 1.54) is 62.9 Å². The maximum absolute atomic E-state index is 13.1. The van der Waals surface area contributed by atoms with E-state index in [4.69, 9.17) is 14.2 Å². The lowest BCUT2D eigenvalue weighted by atomic mass is 10.2. The van der Waals surface area contributed by atoms with E-state index < -0.39 is 15.9 Å². The number of anilines is 2. The maximum Gasteiger partial charge on any atom is 0.264 e.